The standard InChI is InChI=1S/C14H10ClFN2O2/c15-11-8-10(6-7-12(11)16)18-14(20)13(19)17-9-4-2-1-3-5-9/h1-8H,(H,17,19)(H,18,20). The van der Waals surface area contributed by atoms with Crippen LogP contribution in [-0.4, -0.2) is 11.8 Å². The molecule has 0 heterocycles. The molecular weight excluding hydrogens is 283 g/mol. The van der Waals surface area contributed by atoms with Crippen molar-refractivity contribution in [1.82, 2.24) is 0 Å². The van der Waals surface area contributed by atoms with Crippen molar-refractivity contribution in [2.45, 2.75) is 0 Å². The zero-order valence-corrected chi connectivity index (χ0v) is 10.9. The summed E-state index contributed by atoms with van der Waals surface area (Å²) in [5.41, 5.74) is 0.745. The Bertz CT molecular complexity index is 647. The molecule has 2 aromatic rings. The summed E-state index contributed by atoms with van der Waals surface area (Å²) in [5.74, 6) is -2.29. The Kier molecular flexibility index (Phi) is 4.32. The number of anilines is 2. The fourth-order valence-electron chi connectivity index (χ4n) is 1.47. The lowest BCUT2D eigenvalue weighted by molar-refractivity contribution is -0.132. The number of hydrogen-bond donors (Lipinski definition) is 2. The highest BCUT2D eigenvalue weighted by molar-refractivity contribution is 6.43. The number of halogens is 2. The zero-order chi connectivity index (χ0) is 14.5. The molecule has 0 radical (unpaired) electrons. The molecule has 2 aromatic carbocycles. The van der Waals surface area contributed by atoms with E-state index in [9.17, 15) is 14.0 Å². The number of amides is 2. The highest BCUT2D eigenvalue weighted by Gasteiger charge is 2.14. The maximum atomic E-state index is 13.0. The number of carbonyl (C=O) groups excluding carboxylic acids is 2. The molecule has 0 aliphatic carbocycles. The lowest BCUT2D eigenvalue weighted by Crippen LogP contribution is -2.29. The van der Waals surface area contributed by atoms with Crippen LogP contribution in [-0.2, 0) is 9.59 Å². The van der Waals surface area contributed by atoms with Gasteiger partial charge in [-0.25, -0.2) is 4.39 Å². The molecule has 102 valence electrons. The van der Waals surface area contributed by atoms with Crippen LogP contribution < -0.4 is 10.6 Å². The van der Waals surface area contributed by atoms with Gasteiger partial charge in [-0.1, -0.05) is 29.8 Å². The molecule has 0 aliphatic rings. The predicted octanol–water partition coefficient (Wildman–Crippen LogP) is 3.06. The lowest BCUT2D eigenvalue weighted by Gasteiger charge is -2.07. The van der Waals surface area contributed by atoms with Gasteiger partial charge in [-0.15, -0.1) is 0 Å². The van der Waals surface area contributed by atoms with E-state index in [1.165, 1.54) is 12.1 Å². The summed E-state index contributed by atoms with van der Waals surface area (Å²) in [6.45, 7) is 0. The molecule has 2 amide bonds. The van der Waals surface area contributed by atoms with Crippen molar-refractivity contribution in [2.24, 2.45) is 0 Å². The Morgan fingerprint density at radius 1 is 0.900 bits per heavy atom. The molecule has 6 heteroatoms. The van der Waals surface area contributed by atoms with Crippen LogP contribution in [0, 0.1) is 5.82 Å². The van der Waals surface area contributed by atoms with E-state index in [0.717, 1.165) is 6.07 Å². The summed E-state index contributed by atoms with van der Waals surface area (Å²) in [6, 6.07) is 12.2. The van der Waals surface area contributed by atoms with Crippen LogP contribution >= 0.6 is 11.6 Å². The minimum absolute atomic E-state index is 0.133. The summed E-state index contributed by atoms with van der Waals surface area (Å²) < 4.78 is 13.0. The average molecular weight is 293 g/mol. The molecular formula is C14H10ClFN2O2. The SMILES string of the molecule is O=C(Nc1ccccc1)C(=O)Nc1ccc(F)c(Cl)c1. The first-order valence-corrected chi connectivity index (χ1v) is 6.06. The summed E-state index contributed by atoms with van der Waals surface area (Å²) in [5, 5.41) is 4.62. The van der Waals surface area contributed by atoms with Gasteiger partial charge in [0.05, 0.1) is 5.02 Å². The Labute approximate surface area is 119 Å². The van der Waals surface area contributed by atoms with E-state index in [-0.39, 0.29) is 10.7 Å². The fourth-order valence-corrected chi connectivity index (χ4v) is 1.65. The lowest BCUT2D eigenvalue weighted by atomic mass is 10.3. The molecule has 2 N–H and O–H groups in total. The third-order valence-corrected chi connectivity index (χ3v) is 2.71. The zero-order valence-electron chi connectivity index (χ0n) is 10.2. The van der Waals surface area contributed by atoms with Gasteiger partial charge in [-0.05, 0) is 30.3 Å². The quantitative estimate of drug-likeness (QED) is 0.836. The summed E-state index contributed by atoms with van der Waals surface area (Å²) >= 11 is 5.58. The van der Waals surface area contributed by atoms with Crippen LogP contribution in [0.4, 0.5) is 15.8 Å². The molecule has 0 spiro atoms. The van der Waals surface area contributed by atoms with E-state index in [1.807, 2.05) is 0 Å². The topological polar surface area (TPSA) is 58.2 Å². The number of carbonyl (C=O) groups is 2. The van der Waals surface area contributed by atoms with Crippen molar-refractivity contribution in [3.63, 3.8) is 0 Å². The number of hydrogen-bond acceptors (Lipinski definition) is 2. The number of rotatable bonds is 2. The molecule has 0 fully saturated rings. The summed E-state index contributed by atoms with van der Waals surface area (Å²) in [4.78, 5) is 23.3. The van der Waals surface area contributed by atoms with E-state index < -0.39 is 17.6 Å². The molecule has 20 heavy (non-hydrogen) atoms. The summed E-state index contributed by atoms with van der Waals surface area (Å²) in [6.07, 6.45) is 0. The highest BCUT2D eigenvalue weighted by Crippen LogP contribution is 2.19. The first kappa shape index (κ1) is 14.0. The van der Waals surface area contributed by atoms with E-state index in [0.29, 0.717) is 5.69 Å². The van der Waals surface area contributed by atoms with Gasteiger partial charge in [0.2, 0.25) is 0 Å². The third kappa shape index (κ3) is 3.55. The van der Waals surface area contributed by atoms with Crippen molar-refractivity contribution < 1.29 is 14.0 Å². The first-order chi connectivity index (χ1) is 9.56. The number of nitrogens with one attached hydrogen (secondary N) is 2. The molecule has 0 bridgehead atoms. The second kappa shape index (κ2) is 6.16. The first-order valence-electron chi connectivity index (χ1n) is 5.68. The normalized spacial score (nSPS) is 9.90. The van der Waals surface area contributed by atoms with Crippen LogP contribution in [0.1, 0.15) is 0 Å². The third-order valence-electron chi connectivity index (χ3n) is 2.42. The van der Waals surface area contributed by atoms with Crippen LogP contribution in [0.3, 0.4) is 0 Å². The molecule has 0 aromatic heterocycles. The molecule has 0 saturated carbocycles. The molecule has 0 unspecified atom stereocenters. The molecule has 0 saturated heterocycles. The van der Waals surface area contributed by atoms with Gasteiger partial charge in [0, 0.05) is 11.4 Å². The predicted molar refractivity (Wildman–Crippen MR) is 75.1 cm³/mol. The molecule has 0 aliphatic heterocycles. The van der Waals surface area contributed by atoms with Gasteiger partial charge in [-0.3, -0.25) is 9.59 Å². The maximum Gasteiger partial charge on any atom is 0.314 e. The molecule has 4 nitrogen and oxygen atoms in total. The molecule has 2 rings (SSSR count). The Morgan fingerprint density at radius 3 is 2.10 bits per heavy atom. The van der Waals surface area contributed by atoms with Gasteiger partial charge in [0.1, 0.15) is 5.82 Å². The smallest absolute Gasteiger partial charge is 0.314 e. The van der Waals surface area contributed by atoms with Crippen molar-refractivity contribution in [1.29, 1.82) is 0 Å². The fraction of sp³-hybridized carbons (Fsp3) is 0. The van der Waals surface area contributed by atoms with Crippen molar-refractivity contribution in [3.8, 4) is 0 Å². The molecule has 0 atom stereocenters. The van der Waals surface area contributed by atoms with E-state index in [1.54, 1.807) is 30.3 Å². The monoisotopic (exact) mass is 292 g/mol. The van der Waals surface area contributed by atoms with Gasteiger partial charge in [-0.2, -0.15) is 0 Å². The average Bonchev–Trinajstić information content (AvgIpc) is 2.44. The number of para-hydroxylation sites is 1. The largest absolute Gasteiger partial charge is 0.318 e. The van der Waals surface area contributed by atoms with Gasteiger partial charge >= 0.3 is 11.8 Å². The van der Waals surface area contributed by atoms with Gasteiger partial charge < -0.3 is 10.6 Å². The Balaban J connectivity index is 2.01. The Hall–Kier alpha value is -2.40. The van der Waals surface area contributed by atoms with Crippen molar-refractivity contribution in [3.05, 3.63) is 59.4 Å². The highest BCUT2D eigenvalue weighted by atomic mass is 35.5. The van der Waals surface area contributed by atoms with Gasteiger partial charge in [0.25, 0.3) is 0 Å². The minimum Gasteiger partial charge on any atom is -0.318 e. The summed E-state index contributed by atoms with van der Waals surface area (Å²) in [7, 11) is 0. The van der Waals surface area contributed by atoms with E-state index in [2.05, 4.69) is 10.6 Å². The maximum absolute atomic E-state index is 13.0. The van der Waals surface area contributed by atoms with Crippen LogP contribution in [0.5, 0.6) is 0 Å². The van der Waals surface area contributed by atoms with Crippen molar-refractivity contribution >= 4 is 34.8 Å². The minimum atomic E-state index is -0.864. The second-order valence-electron chi connectivity index (χ2n) is 3.90. The van der Waals surface area contributed by atoms with Crippen LogP contribution in [0.25, 0.3) is 0 Å². The van der Waals surface area contributed by atoms with Crippen molar-refractivity contribution in [2.75, 3.05) is 10.6 Å². The van der Waals surface area contributed by atoms with E-state index >= 15 is 0 Å². The van der Waals surface area contributed by atoms with Crippen LogP contribution in [0.2, 0.25) is 5.02 Å². The second-order valence-corrected chi connectivity index (χ2v) is 4.31. The van der Waals surface area contributed by atoms with E-state index in [4.69, 9.17) is 11.6 Å². The van der Waals surface area contributed by atoms with Gasteiger partial charge in [0.15, 0.2) is 0 Å². The Morgan fingerprint density at radius 2 is 1.50 bits per heavy atom. The van der Waals surface area contributed by atoms with Crippen LogP contribution in [0.15, 0.2) is 48.5 Å². The number of benzene rings is 2.